The highest BCUT2D eigenvalue weighted by atomic mass is 16.5. The van der Waals surface area contributed by atoms with Crippen LogP contribution in [0, 0.1) is 0 Å². The summed E-state index contributed by atoms with van der Waals surface area (Å²) in [6, 6.07) is 7.49. The number of primary amides is 1. The zero-order chi connectivity index (χ0) is 17.0. The average molecular weight is 307 g/mol. The van der Waals surface area contributed by atoms with Gasteiger partial charge in [-0.2, -0.15) is 0 Å². The number of unbranched alkanes of at least 4 members (excludes halogenated alkanes) is 1. The Balaban J connectivity index is 0.000000980. The molecule has 0 atom stereocenters. The molecule has 0 spiro atoms. The van der Waals surface area contributed by atoms with Crippen LogP contribution < -0.4 is 5.73 Å². The van der Waals surface area contributed by atoms with Crippen LogP contribution in [0.15, 0.2) is 24.3 Å². The van der Waals surface area contributed by atoms with E-state index in [0.717, 1.165) is 24.0 Å². The molecule has 1 rings (SSSR count). The molecule has 0 aliphatic heterocycles. The molecule has 0 unspecified atom stereocenters. The first-order valence-corrected chi connectivity index (χ1v) is 7.35. The van der Waals surface area contributed by atoms with Crippen LogP contribution in [-0.2, 0) is 20.7 Å². The zero-order valence-electron chi connectivity index (χ0n) is 13.6. The Morgan fingerprint density at radius 1 is 1.09 bits per heavy atom. The highest BCUT2D eigenvalue weighted by Crippen LogP contribution is 2.10. The molecule has 0 aliphatic rings. The quantitative estimate of drug-likeness (QED) is 0.619. The summed E-state index contributed by atoms with van der Waals surface area (Å²) < 4.78 is 4.59. The first-order chi connectivity index (χ1) is 10.4. The van der Waals surface area contributed by atoms with E-state index in [-0.39, 0.29) is 17.7 Å². The SMILES string of the molecule is CC(N)=O.CCCCC(=O)c1ccc(CCC(=O)OC)cc1. The summed E-state index contributed by atoms with van der Waals surface area (Å²) >= 11 is 0. The predicted octanol–water partition coefficient (Wildman–Crippen LogP) is 2.66. The number of carbonyl (C=O) groups is 3. The fourth-order valence-electron chi connectivity index (χ4n) is 1.69. The van der Waals surface area contributed by atoms with Crippen molar-refractivity contribution in [2.75, 3.05) is 7.11 Å². The van der Waals surface area contributed by atoms with E-state index in [0.29, 0.717) is 19.3 Å². The first-order valence-electron chi connectivity index (χ1n) is 7.35. The minimum Gasteiger partial charge on any atom is -0.469 e. The molecule has 0 radical (unpaired) electrons. The number of ether oxygens (including phenoxy) is 1. The lowest BCUT2D eigenvalue weighted by atomic mass is 10.0. The number of methoxy groups -OCH3 is 1. The molecule has 0 bridgehead atoms. The van der Waals surface area contributed by atoms with Gasteiger partial charge in [0.25, 0.3) is 0 Å². The van der Waals surface area contributed by atoms with Crippen molar-refractivity contribution in [2.45, 2.75) is 46.0 Å². The number of amides is 1. The minimum absolute atomic E-state index is 0.191. The molecule has 5 heteroatoms. The summed E-state index contributed by atoms with van der Waals surface area (Å²) in [6.45, 7) is 3.38. The normalized spacial score (nSPS) is 9.41. The van der Waals surface area contributed by atoms with Crippen LogP contribution in [0.3, 0.4) is 0 Å². The third-order valence-electron chi connectivity index (χ3n) is 2.88. The molecule has 22 heavy (non-hydrogen) atoms. The molecule has 1 amide bonds. The van der Waals surface area contributed by atoms with E-state index < -0.39 is 0 Å². The summed E-state index contributed by atoms with van der Waals surface area (Å²) in [4.78, 5) is 32.0. The monoisotopic (exact) mass is 307 g/mol. The number of hydrogen-bond donors (Lipinski definition) is 1. The fraction of sp³-hybridized carbons (Fsp3) is 0.471. The lowest BCUT2D eigenvalue weighted by molar-refractivity contribution is -0.140. The molecule has 0 saturated heterocycles. The van der Waals surface area contributed by atoms with Crippen molar-refractivity contribution in [3.8, 4) is 0 Å². The second-order valence-electron chi connectivity index (χ2n) is 4.91. The van der Waals surface area contributed by atoms with Crippen molar-refractivity contribution in [3.63, 3.8) is 0 Å². The van der Waals surface area contributed by atoms with Gasteiger partial charge >= 0.3 is 5.97 Å². The Labute approximate surface area is 131 Å². The Hall–Kier alpha value is -2.17. The van der Waals surface area contributed by atoms with E-state index in [1.54, 1.807) is 0 Å². The summed E-state index contributed by atoms with van der Waals surface area (Å²) in [7, 11) is 1.39. The van der Waals surface area contributed by atoms with E-state index in [4.69, 9.17) is 0 Å². The van der Waals surface area contributed by atoms with Gasteiger partial charge in [-0.05, 0) is 18.4 Å². The maximum atomic E-state index is 11.8. The highest BCUT2D eigenvalue weighted by molar-refractivity contribution is 5.96. The maximum absolute atomic E-state index is 11.8. The van der Waals surface area contributed by atoms with E-state index in [1.165, 1.54) is 14.0 Å². The molecule has 5 nitrogen and oxygen atoms in total. The maximum Gasteiger partial charge on any atom is 0.305 e. The van der Waals surface area contributed by atoms with Crippen LogP contribution in [-0.4, -0.2) is 24.8 Å². The first kappa shape index (κ1) is 19.8. The number of ketones is 1. The Kier molecular flexibility index (Phi) is 10.4. The number of Topliss-reactive ketones (excluding diaryl/α,β-unsaturated/α-hetero) is 1. The van der Waals surface area contributed by atoms with Gasteiger partial charge in [-0.15, -0.1) is 0 Å². The van der Waals surface area contributed by atoms with E-state index in [2.05, 4.69) is 17.4 Å². The van der Waals surface area contributed by atoms with Crippen molar-refractivity contribution < 1.29 is 19.1 Å². The fourth-order valence-corrected chi connectivity index (χ4v) is 1.69. The number of aryl methyl sites for hydroxylation is 1. The minimum atomic E-state index is -0.333. The predicted molar refractivity (Wildman–Crippen MR) is 85.5 cm³/mol. The second-order valence-corrected chi connectivity index (χ2v) is 4.91. The van der Waals surface area contributed by atoms with Crippen molar-refractivity contribution in [3.05, 3.63) is 35.4 Å². The Bertz CT molecular complexity index is 476. The third-order valence-corrected chi connectivity index (χ3v) is 2.88. The highest BCUT2D eigenvalue weighted by Gasteiger charge is 2.06. The molecular weight excluding hydrogens is 282 g/mol. The van der Waals surface area contributed by atoms with E-state index in [9.17, 15) is 14.4 Å². The van der Waals surface area contributed by atoms with Gasteiger partial charge < -0.3 is 10.5 Å². The van der Waals surface area contributed by atoms with E-state index in [1.807, 2.05) is 24.3 Å². The zero-order valence-corrected chi connectivity index (χ0v) is 13.6. The molecular formula is C17H25NO4. The van der Waals surface area contributed by atoms with Crippen LogP contribution in [0.25, 0.3) is 0 Å². The number of nitrogens with two attached hydrogens (primary N) is 1. The number of benzene rings is 1. The average Bonchev–Trinajstić information content (AvgIpc) is 2.50. The number of hydrogen-bond acceptors (Lipinski definition) is 4. The van der Waals surface area contributed by atoms with Gasteiger partial charge in [0, 0.05) is 25.3 Å². The molecule has 0 heterocycles. The van der Waals surface area contributed by atoms with E-state index >= 15 is 0 Å². The standard InChI is InChI=1S/C15H20O3.C2H5NO/c1-3-4-5-14(16)13-9-6-12(7-10-13)8-11-15(17)18-2;1-2(3)4/h6-7,9-10H,3-5,8,11H2,1-2H3;1H3,(H2,3,4). The smallest absolute Gasteiger partial charge is 0.305 e. The van der Waals surface area contributed by atoms with Gasteiger partial charge in [0.2, 0.25) is 5.91 Å². The van der Waals surface area contributed by atoms with Crippen molar-refractivity contribution in [1.82, 2.24) is 0 Å². The summed E-state index contributed by atoms with van der Waals surface area (Å²) in [5.74, 6) is -0.352. The van der Waals surface area contributed by atoms with Crippen molar-refractivity contribution in [2.24, 2.45) is 5.73 Å². The number of rotatable bonds is 7. The molecule has 1 aromatic rings. The second kappa shape index (κ2) is 11.5. The summed E-state index contributed by atoms with van der Waals surface area (Å²) in [5.41, 5.74) is 6.28. The van der Waals surface area contributed by atoms with Crippen molar-refractivity contribution in [1.29, 1.82) is 0 Å². The summed E-state index contributed by atoms with van der Waals surface area (Å²) in [5, 5.41) is 0. The molecule has 0 aliphatic carbocycles. The molecule has 0 saturated carbocycles. The van der Waals surface area contributed by atoms with Crippen LogP contribution in [0.1, 0.15) is 55.5 Å². The molecule has 122 valence electrons. The molecule has 2 N–H and O–H groups in total. The topological polar surface area (TPSA) is 86.5 Å². The largest absolute Gasteiger partial charge is 0.469 e. The Morgan fingerprint density at radius 2 is 1.64 bits per heavy atom. The van der Waals surface area contributed by atoms with Crippen LogP contribution in [0.5, 0.6) is 0 Å². The number of carbonyl (C=O) groups excluding carboxylic acids is 3. The van der Waals surface area contributed by atoms with Gasteiger partial charge in [0.1, 0.15) is 0 Å². The van der Waals surface area contributed by atoms with Crippen molar-refractivity contribution >= 4 is 17.7 Å². The Morgan fingerprint density at radius 3 is 2.09 bits per heavy atom. The van der Waals surface area contributed by atoms with Crippen LogP contribution >= 0.6 is 0 Å². The van der Waals surface area contributed by atoms with Gasteiger partial charge in [-0.1, -0.05) is 37.6 Å². The van der Waals surface area contributed by atoms with Crippen LogP contribution in [0.2, 0.25) is 0 Å². The van der Waals surface area contributed by atoms with Gasteiger partial charge in [-0.3, -0.25) is 14.4 Å². The van der Waals surface area contributed by atoms with Crippen LogP contribution in [0.4, 0.5) is 0 Å². The molecule has 1 aromatic carbocycles. The third kappa shape index (κ3) is 9.69. The van der Waals surface area contributed by atoms with Gasteiger partial charge in [0.15, 0.2) is 5.78 Å². The lowest BCUT2D eigenvalue weighted by Gasteiger charge is -2.03. The molecule has 0 fully saturated rings. The van der Waals surface area contributed by atoms with Gasteiger partial charge in [0.05, 0.1) is 7.11 Å². The lowest BCUT2D eigenvalue weighted by Crippen LogP contribution is -2.02. The number of esters is 1. The molecule has 0 aromatic heterocycles. The van der Waals surface area contributed by atoms with Gasteiger partial charge in [-0.25, -0.2) is 0 Å². The summed E-state index contributed by atoms with van der Waals surface area (Å²) in [6.07, 6.45) is 3.60.